The molecule has 0 bridgehead atoms. The number of fused-ring (bicyclic) bond motifs is 4. The van der Waals surface area contributed by atoms with Crippen molar-refractivity contribution in [1.29, 1.82) is 0 Å². The molecule has 2 aromatic carbocycles. The zero-order valence-corrected chi connectivity index (χ0v) is 26.7. The third-order valence-corrected chi connectivity index (χ3v) is 16.3. The number of benzene rings is 2. The Hall–Kier alpha value is -2.01. The summed E-state index contributed by atoms with van der Waals surface area (Å²) >= 11 is 0. The average molecular weight is 557 g/mol. The maximum Gasteiger partial charge on any atom is 0.261 e. The van der Waals surface area contributed by atoms with Crippen molar-refractivity contribution >= 4 is 24.5 Å². The van der Waals surface area contributed by atoms with E-state index in [4.69, 9.17) is 9.16 Å². The Morgan fingerprint density at radius 1 is 0.950 bits per heavy atom. The van der Waals surface area contributed by atoms with Crippen molar-refractivity contribution < 1.29 is 14.0 Å². The highest BCUT2D eigenvalue weighted by atomic mass is 28.4. The molecule has 214 valence electrons. The van der Waals surface area contributed by atoms with Crippen LogP contribution in [0.2, 0.25) is 5.04 Å². The molecule has 0 unspecified atom stereocenters. The van der Waals surface area contributed by atoms with Crippen molar-refractivity contribution in [2.45, 2.75) is 104 Å². The summed E-state index contributed by atoms with van der Waals surface area (Å²) in [6, 6.07) is 21.6. The van der Waals surface area contributed by atoms with Gasteiger partial charge in [-0.05, 0) is 64.8 Å². The lowest BCUT2D eigenvalue weighted by Crippen LogP contribution is -2.67. The Balaban J connectivity index is 1.37. The first kappa shape index (κ1) is 28.1. The van der Waals surface area contributed by atoms with Gasteiger partial charge in [0.1, 0.15) is 11.4 Å². The summed E-state index contributed by atoms with van der Waals surface area (Å²) in [5.74, 6) is 1.23. The molecule has 1 saturated heterocycles. The molecule has 40 heavy (non-hydrogen) atoms. The van der Waals surface area contributed by atoms with E-state index in [1.165, 1.54) is 23.2 Å². The zero-order valence-electron chi connectivity index (χ0n) is 25.7. The summed E-state index contributed by atoms with van der Waals surface area (Å²) in [6.45, 7) is 16.9. The Labute approximate surface area is 242 Å². The Morgan fingerprint density at radius 3 is 2.10 bits per heavy atom. The molecule has 1 aliphatic heterocycles. The van der Waals surface area contributed by atoms with Crippen LogP contribution in [0.4, 0.5) is 0 Å². The van der Waals surface area contributed by atoms with Gasteiger partial charge in [0.15, 0.2) is 0 Å². The maximum absolute atomic E-state index is 14.3. The summed E-state index contributed by atoms with van der Waals surface area (Å²) in [6.07, 6.45) is 6.08. The van der Waals surface area contributed by atoms with Gasteiger partial charge in [0.2, 0.25) is 0 Å². The number of rotatable bonds is 6. The van der Waals surface area contributed by atoms with Crippen LogP contribution in [0.25, 0.3) is 0 Å². The van der Waals surface area contributed by atoms with Gasteiger partial charge in [-0.15, -0.1) is 0 Å². The summed E-state index contributed by atoms with van der Waals surface area (Å²) in [4.78, 5) is 14.3. The van der Waals surface area contributed by atoms with Crippen LogP contribution in [0.1, 0.15) is 87.0 Å². The molecule has 6 rings (SSSR count). The Morgan fingerprint density at radius 2 is 1.55 bits per heavy atom. The molecule has 2 saturated carbocycles. The number of ether oxygens (including phenoxy) is 1. The van der Waals surface area contributed by atoms with E-state index in [2.05, 4.69) is 109 Å². The molecule has 0 amide bonds. The largest absolute Gasteiger partial charge is 0.404 e. The summed E-state index contributed by atoms with van der Waals surface area (Å²) < 4.78 is 14.0. The molecule has 0 N–H and O–H groups in total. The Bertz CT molecular complexity index is 1270. The topological polar surface area (TPSA) is 38.8 Å². The van der Waals surface area contributed by atoms with E-state index in [-0.39, 0.29) is 22.0 Å². The first-order valence-corrected chi connectivity index (χ1v) is 17.5. The molecule has 3 aliphatic carbocycles. The van der Waals surface area contributed by atoms with E-state index in [1.807, 2.05) is 0 Å². The molecule has 3 fully saturated rings. The van der Waals surface area contributed by atoms with Crippen LogP contribution >= 0.6 is 0 Å². The van der Waals surface area contributed by atoms with Crippen LogP contribution in [0, 0.1) is 22.7 Å². The van der Waals surface area contributed by atoms with Crippen molar-refractivity contribution in [3.8, 4) is 0 Å². The first-order valence-electron chi connectivity index (χ1n) is 15.6. The third kappa shape index (κ3) is 4.15. The van der Waals surface area contributed by atoms with Crippen molar-refractivity contribution in [2.24, 2.45) is 22.7 Å². The van der Waals surface area contributed by atoms with Crippen molar-refractivity contribution in [3.05, 3.63) is 71.8 Å². The van der Waals surface area contributed by atoms with Gasteiger partial charge >= 0.3 is 0 Å². The quantitative estimate of drug-likeness (QED) is 0.214. The fraction of sp³-hybridized carbons (Fsp3) is 0.583. The minimum Gasteiger partial charge on any atom is -0.404 e. The fourth-order valence-corrected chi connectivity index (χ4v) is 13.5. The Kier molecular flexibility index (Phi) is 6.68. The minimum absolute atomic E-state index is 0.0883. The van der Waals surface area contributed by atoms with Gasteiger partial charge in [0, 0.05) is 11.8 Å². The van der Waals surface area contributed by atoms with Gasteiger partial charge in [-0.2, -0.15) is 0 Å². The molecular formula is C36H48O3Si. The van der Waals surface area contributed by atoms with E-state index < -0.39 is 13.9 Å². The number of hydrogen-bond donors (Lipinski definition) is 0. The molecule has 0 spiro atoms. The second-order valence-electron chi connectivity index (χ2n) is 15.1. The van der Waals surface area contributed by atoms with Gasteiger partial charge in [0.05, 0.1) is 12.7 Å². The normalized spacial score (nSPS) is 33.9. The lowest BCUT2D eigenvalue weighted by molar-refractivity contribution is -0.134. The molecule has 4 heteroatoms. The van der Waals surface area contributed by atoms with Gasteiger partial charge in [-0.3, -0.25) is 4.79 Å². The summed E-state index contributed by atoms with van der Waals surface area (Å²) in [5, 5.41) is 2.45. The lowest BCUT2D eigenvalue weighted by Gasteiger charge is -2.49. The number of hydrogen-bond acceptors (Lipinski definition) is 3. The van der Waals surface area contributed by atoms with Crippen LogP contribution in [0.5, 0.6) is 0 Å². The van der Waals surface area contributed by atoms with Gasteiger partial charge in [-0.25, -0.2) is 0 Å². The molecule has 4 aliphatic rings. The van der Waals surface area contributed by atoms with Crippen LogP contribution < -0.4 is 10.4 Å². The number of carbonyl (C=O) groups is 1. The highest BCUT2D eigenvalue weighted by Gasteiger charge is 2.67. The monoisotopic (exact) mass is 556 g/mol. The second-order valence-corrected chi connectivity index (χ2v) is 19.4. The predicted molar refractivity (Wildman–Crippen MR) is 165 cm³/mol. The number of allylic oxidation sites excluding steroid dienone is 2. The number of epoxide rings is 1. The lowest BCUT2D eigenvalue weighted by atomic mass is 9.54. The summed E-state index contributed by atoms with van der Waals surface area (Å²) in [7, 11) is -2.71. The number of carbonyl (C=O) groups excluding carboxylic acids is 1. The minimum atomic E-state index is -2.71. The highest BCUT2D eigenvalue weighted by Crippen LogP contribution is 2.65. The molecule has 0 aromatic heterocycles. The smallest absolute Gasteiger partial charge is 0.261 e. The predicted octanol–water partition coefficient (Wildman–Crippen LogP) is 7.23. The van der Waals surface area contributed by atoms with Crippen molar-refractivity contribution in [2.75, 3.05) is 6.61 Å². The molecule has 5 atom stereocenters. The van der Waals surface area contributed by atoms with Crippen LogP contribution in [0.3, 0.4) is 0 Å². The molecule has 2 aromatic rings. The van der Waals surface area contributed by atoms with Crippen LogP contribution in [0.15, 0.2) is 71.8 Å². The number of Topliss-reactive ketones (excluding diaryl/α,β-unsaturated/α-hetero) is 1. The standard InChI is InChI=1S/C36H48O3Si/c1-25(2)28-18-19-34(6)20-21-35(7)29(32(28)34)22-31-36(39-31,23-30(35)37)24-38-40(33(3,4)5,26-14-10-8-11-15-26)27-16-12-9-13-17-27/h8-17,25,29,31H,18-24H2,1-7H3/t29-,31-,34-,35-,36-/m1/s1. The second kappa shape index (κ2) is 9.51. The SMILES string of the molecule is CC(C)C1=C2[C@H]3C[C@H]4O[C@@]4(CO[Si](c4ccccc4)(c4ccccc4)C(C)(C)C)CC(=O)[C@]3(C)CC[C@@]2(C)CC1. The average Bonchev–Trinajstić information content (AvgIpc) is 3.47. The van der Waals surface area contributed by atoms with E-state index in [1.54, 1.807) is 11.1 Å². The van der Waals surface area contributed by atoms with E-state index >= 15 is 0 Å². The fourth-order valence-electron chi connectivity index (χ4n) is 8.84. The van der Waals surface area contributed by atoms with Crippen molar-refractivity contribution in [3.63, 3.8) is 0 Å². The summed E-state index contributed by atoms with van der Waals surface area (Å²) in [5.41, 5.74) is 2.71. The van der Waals surface area contributed by atoms with Gasteiger partial charge in [0.25, 0.3) is 8.32 Å². The van der Waals surface area contributed by atoms with Crippen LogP contribution in [-0.2, 0) is 14.0 Å². The molecule has 0 radical (unpaired) electrons. The first-order chi connectivity index (χ1) is 18.9. The van der Waals surface area contributed by atoms with E-state index in [0.717, 1.165) is 19.3 Å². The highest BCUT2D eigenvalue weighted by molar-refractivity contribution is 6.99. The van der Waals surface area contributed by atoms with Crippen molar-refractivity contribution in [1.82, 2.24) is 0 Å². The van der Waals surface area contributed by atoms with E-state index in [9.17, 15) is 4.79 Å². The van der Waals surface area contributed by atoms with Crippen LogP contribution in [-0.4, -0.2) is 32.4 Å². The van der Waals surface area contributed by atoms with E-state index in [0.29, 0.717) is 30.6 Å². The van der Waals surface area contributed by atoms with Gasteiger partial charge < -0.3 is 9.16 Å². The molecule has 1 heterocycles. The maximum atomic E-state index is 14.3. The molecular weight excluding hydrogens is 508 g/mol. The zero-order chi connectivity index (χ0) is 28.6. The number of ketones is 1. The molecule has 3 nitrogen and oxygen atoms in total. The van der Waals surface area contributed by atoms with Gasteiger partial charge in [-0.1, -0.05) is 120 Å². The third-order valence-electron chi connectivity index (χ3n) is 11.4.